The van der Waals surface area contributed by atoms with Crippen molar-refractivity contribution in [2.75, 3.05) is 32.8 Å². The SMILES string of the molecule is CCOc1ccccc1CN1CCN(C(=O)c2cc(C)[nH]n2)C[C@@H]1CCO. The first-order valence-electron chi connectivity index (χ1n) is 9.49. The van der Waals surface area contributed by atoms with Crippen LogP contribution in [0.25, 0.3) is 0 Å². The number of benzene rings is 1. The molecule has 1 amide bonds. The van der Waals surface area contributed by atoms with E-state index in [0.717, 1.165) is 30.1 Å². The van der Waals surface area contributed by atoms with Crippen molar-refractivity contribution >= 4 is 5.91 Å². The van der Waals surface area contributed by atoms with Gasteiger partial charge in [0.1, 0.15) is 11.4 Å². The van der Waals surface area contributed by atoms with E-state index in [2.05, 4.69) is 21.2 Å². The van der Waals surface area contributed by atoms with E-state index in [1.807, 2.05) is 36.9 Å². The monoisotopic (exact) mass is 372 g/mol. The van der Waals surface area contributed by atoms with Crippen molar-refractivity contribution < 1.29 is 14.6 Å². The quantitative estimate of drug-likeness (QED) is 0.775. The summed E-state index contributed by atoms with van der Waals surface area (Å²) < 4.78 is 5.74. The van der Waals surface area contributed by atoms with Crippen LogP contribution < -0.4 is 4.74 Å². The summed E-state index contributed by atoms with van der Waals surface area (Å²) in [5.74, 6) is 0.838. The minimum atomic E-state index is -0.0587. The molecule has 2 N–H and O–H groups in total. The molecule has 1 aromatic carbocycles. The molecule has 146 valence electrons. The second kappa shape index (κ2) is 9.01. The fourth-order valence-electron chi connectivity index (χ4n) is 3.55. The van der Waals surface area contributed by atoms with E-state index in [9.17, 15) is 9.90 Å². The number of aromatic amines is 1. The van der Waals surface area contributed by atoms with Crippen molar-refractivity contribution in [2.24, 2.45) is 0 Å². The molecule has 7 nitrogen and oxygen atoms in total. The zero-order valence-electron chi connectivity index (χ0n) is 16.0. The van der Waals surface area contributed by atoms with Gasteiger partial charge >= 0.3 is 0 Å². The van der Waals surface area contributed by atoms with Crippen LogP contribution in [-0.2, 0) is 6.54 Å². The Balaban J connectivity index is 1.70. The Labute approximate surface area is 159 Å². The lowest BCUT2D eigenvalue weighted by Gasteiger charge is -2.41. The fourth-order valence-corrected chi connectivity index (χ4v) is 3.55. The van der Waals surface area contributed by atoms with Gasteiger partial charge in [-0.3, -0.25) is 14.8 Å². The molecule has 0 bridgehead atoms. The molecular formula is C20H28N4O3. The number of aliphatic hydroxyl groups is 1. The van der Waals surface area contributed by atoms with Crippen LogP contribution in [0.4, 0.5) is 0 Å². The number of aliphatic hydroxyl groups excluding tert-OH is 1. The zero-order valence-corrected chi connectivity index (χ0v) is 16.0. The maximum atomic E-state index is 12.7. The first-order valence-corrected chi connectivity index (χ1v) is 9.49. The predicted octanol–water partition coefficient (Wildman–Crippen LogP) is 1.83. The van der Waals surface area contributed by atoms with Crippen LogP contribution in [0.1, 0.15) is 35.1 Å². The molecule has 0 unspecified atom stereocenters. The summed E-state index contributed by atoms with van der Waals surface area (Å²) in [6.45, 7) is 7.30. The van der Waals surface area contributed by atoms with Gasteiger partial charge in [0.25, 0.3) is 5.91 Å². The number of carbonyl (C=O) groups is 1. The molecule has 1 aromatic heterocycles. The Morgan fingerprint density at radius 2 is 2.19 bits per heavy atom. The number of piperazine rings is 1. The Bertz CT molecular complexity index is 761. The number of carbonyl (C=O) groups excluding carboxylic acids is 1. The number of rotatable bonds is 7. The van der Waals surface area contributed by atoms with Gasteiger partial charge in [0.2, 0.25) is 0 Å². The lowest BCUT2D eigenvalue weighted by molar-refractivity contribution is 0.0388. The van der Waals surface area contributed by atoms with Gasteiger partial charge < -0.3 is 14.7 Å². The van der Waals surface area contributed by atoms with Crippen LogP contribution in [0.3, 0.4) is 0 Å². The van der Waals surface area contributed by atoms with Crippen molar-refractivity contribution in [3.8, 4) is 5.75 Å². The van der Waals surface area contributed by atoms with Crippen LogP contribution in [-0.4, -0.2) is 69.9 Å². The minimum absolute atomic E-state index is 0.0587. The number of amides is 1. The lowest BCUT2D eigenvalue weighted by atomic mass is 10.1. The molecule has 27 heavy (non-hydrogen) atoms. The predicted molar refractivity (Wildman–Crippen MR) is 103 cm³/mol. The third-order valence-electron chi connectivity index (χ3n) is 4.93. The van der Waals surface area contributed by atoms with Crippen molar-refractivity contribution in [3.05, 3.63) is 47.3 Å². The zero-order chi connectivity index (χ0) is 19.2. The summed E-state index contributed by atoms with van der Waals surface area (Å²) in [7, 11) is 0. The number of aryl methyl sites for hydroxylation is 1. The number of H-pyrrole nitrogens is 1. The molecule has 1 aliphatic rings. The second-order valence-corrected chi connectivity index (χ2v) is 6.86. The largest absolute Gasteiger partial charge is 0.494 e. The molecule has 1 aliphatic heterocycles. The summed E-state index contributed by atoms with van der Waals surface area (Å²) in [6, 6.07) is 9.92. The van der Waals surface area contributed by atoms with Crippen molar-refractivity contribution in [2.45, 2.75) is 32.9 Å². The molecule has 2 aromatic rings. The molecule has 1 saturated heterocycles. The summed E-state index contributed by atoms with van der Waals surface area (Å²) >= 11 is 0. The molecule has 0 aliphatic carbocycles. The maximum absolute atomic E-state index is 12.7. The van der Waals surface area contributed by atoms with E-state index in [0.29, 0.717) is 31.8 Å². The highest BCUT2D eigenvalue weighted by atomic mass is 16.5. The van der Waals surface area contributed by atoms with Gasteiger partial charge in [0, 0.05) is 50.1 Å². The smallest absolute Gasteiger partial charge is 0.274 e. The fraction of sp³-hybridized carbons (Fsp3) is 0.500. The van der Waals surface area contributed by atoms with E-state index in [1.54, 1.807) is 6.07 Å². The number of para-hydroxylation sites is 1. The first kappa shape index (κ1) is 19.4. The van der Waals surface area contributed by atoms with Crippen LogP contribution in [0.2, 0.25) is 0 Å². The highest BCUT2D eigenvalue weighted by Gasteiger charge is 2.30. The highest BCUT2D eigenvalue weighted by Crippen LogP contribution is 2.23. The van der Waals surface area contributed by atoms with E-state index >= 15 is 0 Å². The Hall–Kier alpha value is -2.38. The third kappa shape index (κ3) is 4.67. The van der Waals surface area contributed by atoms with E-state index < -0.39 is 0 Å². The highest BCUT2D eigenvalue weighted by molar-refractivity contribution is 5.92. The Morgan fingerprint density at radius 3 is 2.89 bits per heavy atom. The number of ether oxygens (including phenoxy) is 1. The molecule has 2 heterocycles. The van der Waals surface area contributed by atoms with E-state index in [1.165, 1.54) is 0 Å². The van der Waals surface area contributed by atoms with Crippen LogP contribution in [0.15, 0.2) is 30.3 Å². The molecule has 1 fully saturated rings. The summed E-state index contributed by atoms with van der Waals surface area (Å²) in [5, 5.41) is 16.4. The van der Waals surface area contributed by atoms with Crippen molar-refractivity contribution in [1.82, 2.24) is 20.0 Å². The molecule has 0 spiro atoms. The average Bonchev–Trinajstić information content (AvgIpc) is 3.11. The van der Waals surface area contributed by atoms with Gasteiger partial charge in [-0.05, 0) is 32.4 Å². The maximum Gasteiger partial charge on any atom is 0.274 e. The third-order valence-corrected chi connectivity index (χ3v) is 4.93. The van der Waals surface area contributed by atoms with E-state index in [4.69, 9.17) is 4.74 Å². The molecule has 7 heteroatoms. The van der Waals surface area contributed by atoms with Gasteiger partial charge in [-0.15, -0.1) is 0 Å². The van der Waals surface area contributed by atoms with Gasteiger partial charge in [-0.2, -0.15) is 5.10 Å². The number of hydrogen-bond acceptors (Lipinski definition) is 5. The van der Waals surface area contributed by atoms with Crippen LogP contribution >= 0.6 is 0 Å². The normalized spacial score (nSPS) is 17.9. The van der Waals surface area contributed by atoms with Gasteiger partial charge in [-0.1, -0.05) is 18.2 Å². The lowest BCUT2D eigenvalue weighted by Crippen LogP contribution is -2.54. The Kier molecular flexibility index (Phi) is 6.47. The van der Waals surface area contributed by atoms with Gasteiger partial charge in [0.15, 0.2) is 0 Å². The molecule has 3 rings (SSSR count). The Morgan fingerprint density at radius 1 is 1.37 bits per heavy atom. The van der Waals surface area contributed by atoms with Gasteiger partial charge in [-0.25, -0.2) is 0 Å². The minimum Gasteiger partial charge on any atom is -0.494 e. The van der Waals surface area contributed by atoms with Crippen molar-refractivity contribution in [3.63, 3.8) is 0 Å². The summed E-state index contributed by atoms with van der Waals surface area (Å²) in [4.78, 5) is 16.9. The standard InChI is InChI=1S/C20H28N4O3/c1-3-27-19-7-5-4-6-16(19)13-23-9-10-24(14-17(23)8-11-25)20(26)18-12-15(2)21-22-18/h4-7,12,17,25H,3,8-11,13-14H2,1-2H3,(H,21,22)/t17-/m0/s1. The van der Waals surface area contributed by atoms with E-state index in [-0.39, 0.29) is 18.6 Å². The van der Waals surface area contributed by atoms with Gasteiger partial charge in [0.05, 0.1) is 6.61 Å². The first-order chi connectivity index (χ1) is 13.1. The second-order valence-electron chi connectivity index (χ2n) is 6.86. The van der Waals surface area contributed by atoms with Crippen molar-refractivity contribution in [1.29, 1.82) is 0 Å². The van der Waals surface area contributed by atoms with Crippen LogP contribution in [0.5, 0.6) is 5.75 Å². The molecule has 1 atom stereocenters. The number of nitrogens with one attached hydrogen (secondary N) is 1. The molecule has 0 radical (unpaired) electrons. The average molecular weight is 372 g/mol. The number of aromatic nitrogens is 2. The molecular weight excluding hydrogens is 344 g/mol. The topological polar surface area (TPSA) is 81.7 Å². The molecule has 0 saturated carbocycles. The number of nitrogens with zero attached hydrogens (tertiary/aromatic N) is 3. The summed E-state index contributed by atoms with van der Waals surface area (Å²) in [6.07, 6.45) is 0.625. The van der Waals surface area contributed by atoms with Crippen LogP contribution in [0, 0.1) is 6.92 Å². The number of hydrogen-bond donors (Lipinski definition) is 2. The summed E-state index contributed by atoms with van der Waals surface area (Å²) in [5.41, 5.74) is 2.45.